The van der Waals surface area contributed by atoms with Crippen LogP contribution in [0.1, 0.15) is 31.7 Å². The zero-order valence-corrected chi connectivity index (χ0v) is 14.2. The molecule has 1 atom stereocenters. The highest BCUT2D eigenvalue weighted by atomic mass is 16.1. The maximum absolute atomic E-state index is 12.5. The summed E-state index contributed by atoms with van der Waals surface area (Å²) in [4.78, 5) is 15.1. The second kappa shape index (κ2) is 7.28. The van der Waals surface area contributed by atoms with E-state index < -0.39 is 0 Å². The standard InChI is InChI=1S/C19H27N3O/c1-3-10-22-11-6-8-17(14-22)20-13-16-12-15-7-4-5-9-18(15)21(2)19(16)23/h4-5,7,9,12,17,20H,3,6,8,10-11,13-14H2,1-2H3. The van der Waals surface area contributed by atoms with Crippen LogP contribution in [0.3, 0.4) is 0 Å². The zero-order chi connectivity index (χ0) is 16.2. The number of pyridine rings is 1. The summed E-state index contributed by atoms with van der Waals surface area (Å²) >= 11 is 0. The van der Waals surface area contributed by atoms with Crippen LogP contribution in [0.2, 0.25) is 0 Å². The minimum Gasteiger partial charge on any atom is -0.311 e. The van der Waals surface area contributed by atoms with E-state index in [1.165, 1.54) is 32.4 Å². The van der Waals surface area contributed by atoms with Gasteiger partial charge in [-0.2, -0.15) is 0 Å². The lowest BCUT2D eigenvalue weighted by Gasteiger charge is -2.33. The van der Waals surface area contributed by atoms with E-state index in [-0.39, 0.29) is 5.56 Å². The number of nitrogens with zero attached hydrogens (tertiary/aromatic N) is 2. The molecule has 1 N–H and O–H groups in total. The van der Waals surface area contributed by atoms with Crippen molar-refractivity contribution in [1.82, 2.24) is 14.8 Å². The average molecular weight is 313 g/mol. The monoisotopic (exact) mass is 313 g/mol. The number of para-hydroxylation sites is 1. The molecule has 0 spiro atoms. The van der Waals surface area contributed by atoms with Crippen LogP contribution in [0.5, 0.6) is 0 Å². The Kier molecular flexibility index (Phi) is 5.13. The van der Waals surface area contributed by atoms with Gasteiger partial charge in [0, 0.05) is 31.7 Å². The molecule has 124 valence electrons. The maximum atomic E-state index is 12.5. The molecule has 2 heterocycles. The van der Waals surface area contributed by atoms with Gasteiger partial charge >= 0.3 is 0 Å². The molecule has 0 radical (unpaired) electrons. The Labute approximate surface area is 138 Å². The van der Waals surface area contributed by atoms with Gasteiger partial charge in [0.15, 0.2) is 0 Å². The van der Waals surface area contributed by atoms with Gasteiger partial charge in [-0.25, -0.2) is 0 Å². The van der Waals surface area contributed by atoms with Crippen LogP contribution in [-0.2, 0) is 13.6 Å². The summed E-state index contributed by atoms with van der Waals surface area (Å²) in [6.45, 7) is 6.37. The molecule has 0 amide bonds. The SMILES string of the molecule is CCCN1CCCC(NCc2cc3ccccc3n(C)c2=O)C1. The van der Waals surface area contributed by atoms with Gasteiger partial charge in [-0.15, -0.1) is 0 Å². The lowest BCUT2D eigenvalue weighted by Crippen LogP contribution is -2.46. The Morgan fingerprint density at radius 2 is 2.13 bits per heavy atom. The van der Waals surface area contributed by atoms with Gasteiger partial charge in [-0.1, -0.05) is 25.1 Å². The van der Waals surface area contributed by atoms with E-state index in [2.05, 4.69) is 23.2 Å². The van der Waals surface area contributed by atoms with E-state index in [1.807, 2.05) is 31.3 Å². The van der Waals surface area contributed by atoms with E-state index in [0.717, 1.165) is 23.0 Å². The highest BCUT2D eigenvalue weighted by Crippen LogP contribution is 2.14. The van der Waals surface area contributed by atoms with Crippen molar-refractivity contribution in [3.63, 3.8) is 0 Å². The van der Waals surface area contributed by atoms with Crippen LogP contribution in [0.4, 0.5) is 0 Å². The van der Waals surface area contributed by atoms with Gasteiger partial charge in [0.25, 0.3) is 5.56 Å². The predicted octanol–water partition coefficient (Wildman–Crippen LogP) is 2.50. The molecule has 1 aromatic heterocycles. The lowest BCUT2D eigenvalue weighted by molar-refractivity contribution is 0.190. The second-order valence-electron chi connectivity index (χ2n) is 6.61. The van der Waals surface area contributed by atoms with Crippen molar-refractivity contribution >= 4 is 10.9 Å². The summed E-state index contributed by atoms with van der Waals surface area (Å²) in [7, 11) is 1.86. The number of piperidine rings is 1. The maximum Gasteiger partial charge on any atom is 0.255 e. The predicted molar refractivity (Wildman–Crippen MR) is 95.8 cm³/mol. The van der Waals surface area contributed by atoms with Crippen LogP contribution in [0, 0.1) is 0 Å². The summed E-state index contributed by atoms with van der Waals surface area (Å²) < 4.78 is 1.76. The Balaban J connectivity index is 1.72. The van der Waals surface area contributed by atoms with Crippen LogP contribution in [0.25, 0.3) is 10.9 Å². The molecular formula is C19H27N3O. The van der Waals surface area contributed by atoms with Gasteiger partial charge in [0.05, 0.1) is 5.52 Å². The van der Waals surface area contributed by atoms with Gasteiger partial charge in [-0.3, -0.25) is 4.79 Å². The Hall–Kier alpha value is -1.65. The molecule has 3 rings (SSSR count). The number of aromatic nitrogens is 1. The Morgan fingerprint density at radius 1 is 1.30 bits per heavy atom. The van der Waals surface area contributed by atoms with Crippen molar-refractivity contribution in [3.05, 3.63) is 46.2 Å². The smallest absolute Gasteiger partial charge is 0.255 e. The highest BCUT2D eigenvalue weighted by molar-refractivity contribution is 5.79. The van der Waals surface area contributed by atoms with Gasteiger partial charge in [0.2, 0.25) is 0 Å². The molecule has 0 bridgehead atoms. The third-order valence-electron chi connectivity index (χ3n) is 4.83. The van der Waals surface area contributed by atoms with E-state index in [1.54, 1.807) is 4.57 Å². The number of likely N-dealkylation sites (tertiary alicyclic amines) is 1. The largest absolute Gasteiger partial charge is 0.311 e. The van der Waals surface area contributed by atoms with E-state index in [0.29, 0.717) is 12.6 Å². The summed E-state index contributed by atoms with van der Waals surface area (Å²) in [6.07, 6.45) is 3.65. The highest BCUT2D eigenvalue weighted by Gasteiger charge is 2.19. The van der Waals surface area contributed by atoms with E-state index in [9.17, 15) is 4.79 Å². The number of rotatable bonds is 5. The molecular weight excluding hydrogens is 286 g/mol. The van der Waals surface area contributed by atoms with Gasteiger partial charge in [-0.05, 0) is 49.9 Å². The third-order valence-corrected chi connectivity index (χ3v) is 4.83. The Bertz CT molecular complexity index is 720. The Morgan fingerprint density at radius 3 is 2.96 bits per heavy atom. The fraction of sp³-hybridized carbons (Fsp3) is 0.526. The fourth-order valence-electron chi connectivity index (χ4n) is 3.61. The molecule has 1 saturated heterocycles. The molecule has 4 heteroatoms. The van der Waals surface area contributed by atoms with Gasteiger partial charge in [0.1, 0.15) is 0 Å². The average Bonchev–Trinajstić information content (AvgIpc) is 2.57. The molecule has 1 unspecified atom stereocenters. The molecule has 1 aromatic carbocycles. The number of hydrogen-bond acceptors (Lipinski definition) is 3. The second-order valence-corrected chi connectivity index (χ2v) is 6.61. The first-order chi connectivity index (χ1) is 11.2. The molecule has 1 aliphatic heterocycles. The van der Waals surface area contributed by atoms with Crippen molar-refractivity contribution < 1.29 is 0 Å². The third kappa shape index (κ3) is 3.65. The number of benzene rings is 1. The molecule has 2 aromatic rings. The number of aryl methyl sites for hydroxylation is 1. The molecule has 4 nitrogen and oxygen atoms in total. The van der Waals surface area contributed by atoms with Crippen molar-refractivity contribution in [1.29, 1.82) is 0 Å². The molecule has 0 aliphatic carbocycles. The number of hydrogen-bond donors (Lipinski definition) is 1. The summed E-state index contributed by atoms with van der Waals surface area (Å²) in [5.74, 6) is 0. The normalized spacial score (nSPS) is 19.3. The van der Waals surface area contributed by atoms with Crippen LogP contribution < -0.4 is 10.9 Å². The molecule has 1 fully saturated rings. The number of fused-ring (bicyclic) bond motifs is 1. The first-order valence-corrected chi connectivity index (χ1v) is 8.72. The van der Waals surface area contributed by atoms with E-state index >= 15 is 0 Å². The summed E-state index contributed by atoms with van der Waals surface area (Å²) in [6, 6.07) is 10.6. The molecule has 23 heavy (non-hydrogen) atoms. The lowest BCUT2D eigenvalue weighted by atomic mass is 10.0. The van der Waals surface area contributed by atoms with Crippen molar-refractivity contribution in [2.75, 3.05) is 19.6 Å². The van der Waals surface area contributed by atoms with Crippen molar-refractivity contribution in [3.8, 4) is 0 Å². The van der Waals surface area contributed by atoms with Gasteiger partial charge < -0.3 is 14.8 Å². The van der Waals surface area contributed by atoms with Crippen molar-refractivity contribution in [2.24, 2.45) is 7.05 Å². The molecule has 1 aliphatic rings. The first-order valence-electron chi connectivity index (χ1n) is 8.72. The topological polar surface area (TPSA) is 37.3 Å². The van der Waals surface area contributed by atoms with E-state index in [4.69, 9.17) is 0 Å². The van der Waals surface area contributed by atoms with Crippen molar-refractivity contribution in [2.45, 2.75) is 38.8 Å². The van der Waals surface area contributed by atoms with Crippen LogP contribution in [-0.4, -0.2) is 35.1 Å². The van der Waals surface area contributed by atoms with Crippen LogP contribution in [0.15, 0.2) is 35.1 Å². The number of nitrogens with one attached hydrogen (secondary N) is 1. The quantitative estimate of drug-likeness (QED) is 0.921. The minimum atomic E-state index is 0.109. The summed E-state index contributed by atoms with van der Waals surface area (Å²) in [5.41, 5.74) is 1.96. The zero-order valence-electron chi connectivity index (χ0n) is 14.2. The molecule has 0 saturated carbocycles. The first kappa shape index (κ1) is 16.2. The summed E-state index contributed by atoms with van der Waals surface area (Å²) in [5, 5.41) is 4.73. The van der Waals surface area contributed by atoms with Crippen LogP contribution >= 0.6 is 0 Å². The fourth-order valence-corrected chi connectivity index (χ4v) is 3.61. The minimum absolute atomic E-state index is 0.109.